The number of nitrogens with zero attached hydrogens (tertiary/aromatic N) is 1. The normalized spacial score (nSPS) is 10.6. The average molecular weight is 293 g/mol. The molecular formula is C16H18ClFN2. The molecule has 0 heterocycles. The number of benzene rings is 2. The van der Waals surface area contributed by atoms with Crippen LogP contribution in [0.5, 0.6) is 0 Å². The molecule has 0 aliphatic heterocycles. The topological polar surface area (TPSA) is 29.3 Å². The maximum Gasteiger partial charge on any atom is 0.123 e. The fourth-order valence-electron chi connectivity index (χ4n) is 2.28. The quantitative estimate of drug-likeness (QED) is 0.912. The van der Waals surface area contributed by atoms with Gasteiger partial charge in [-0.25, -0.2) is 4.39 Å². The van der Waals surface area contributed by atoms with Gasteiger partial charge < -0.3 is 10.6 Å². The number of hydrogen-bond acceptors (Lipinski definition) is 2. The third-order valence-electron chi connectivity index (χ3n) is 3.18. The average Bonchev–Trinajstić information content (AvgIpc) is 2.39. The second-order valence-electron chi connectivity index (χ2n) is 4.80. The van der Waals surface area contributed by atoms with Crippen LogP contribution in [0, 0.1) is 5.82 Å². The summed E-state index contributed by atoms with van der Waals surface area (Å²) >= 11 is 5.99. The Morgan fingerprint density at radius 2 is 2.00 bits per heavy atom. The van der Waals surface area contributed by atoms with E-state index >= 15 is 0 Å². The highest BCUT2D eigenvalue weighted by Crippen LogP contribution is 2.23. The van der Waals surface area contributed by atoms with Crippen LogP contribution >= 0.6 is 11.6 Å². The Bertz CT molecular complexity index is 586. The number of nitrogens with two attached hydrogens (primary N) is 1. The predicted octanol–water partition coefficient (Wildman–Crippen LogP) is 3.62. The summed E-state index contributed by atoms with van der Waals surface area (Å²) in [6.45, 7) is 1.21. The van der Waals surface area contributed by atoms with E-state index in [2.05, 4.69) is 4.90 Å². The number of anilines is 1. The van der Waals surface area contributed by atoms with Crippen molar-refractivity contribution in [2.75, 3.05) is 18.5 Å². The van der Waals surface area contributed by atoms with Gasteiger partial charge in [0.2, 0.25) is 0 Å². The van der Waals surface area contributed by atoms with Crippen molar-refractivity contribution in [2.45, 2.75) is 13.0 Å². The molecule has 2 aromatic rings. The van der Waals surface area contributed by atoms with E-state index in [1.165, 1.54) is 6.07 Å². The van der Waals surface area contributed by atoms with Crippen molar-refractivity contribution in [1.29, 1.82) is 0 Å². The number of hydrogen-bond donors (Lipinski definition) is 1. The lowest BCUT2D eigenvalue weighted by Gasteiger charge is -2.23. The van der Waals surface area contributed by atoms with Gasteiger partial charge in [0, 0.05) is 24.3 Å². The monoisotopic (exact) mass is 292 g/mol. The molecule has 106 valence electrons. The molecule has 0 amide bonds. The Labute approximate surface area is 124 Å². The van der Waals surface area contributed by atoms with Crippen LogP contribution in [0.4, 0.5) is 10.1 Å². The van der Waals surface area contributed by atoms with E-state index < -0.39 is 0 Å². The Balaban J connectivity index is 2.22. The van der Waals surface area contributed by atoms with Gasteiger partial charge in [0.1, 0.15) is 5.82 Å². The second kappa shape index (κ2) is 6.73. The summed E-state index contributed by atoms with van der Waals surface area (Å²) in [7, 11) is 1.98. The molecule has 2 rings (SSSR count). The number of rotatable bonds is 5. The van der Waals surface area contributed by atoms with E-state index in [4.69, 9.17) is 17.3 Å². The van der Waals surface area contributed by atoms with Crippen LogP contribution in [-0.2, 0) is 13.0 Å². The van der Waals surface area contributed by atoms with Gasteiger partial charge in [0.05, 0.1) is 0 Å². The van der Waals surface area contributed by atoms with Gasteiger partial charge in [-0.1, -0.05) is 23.7 Å². The fraction of sp³-hybridized carbons (Fsp3) is 0.250. The summed E-state index contributed by atoms with van der Waals surface area (Å²) in [6.07, 6.45) is 0.660. The van der Waals surface area contributed by atoms with Crippen LogP contribution in [0.15, 0.2) is 42.5 Å². The molecule has 0 radical (unpaired) electrons. The first-order valence-electron chi connectivity index (χ1n) is 6.54. The zero-order valence-corrected chi connectivity index (χ0v) is 12.2. The molecule has 0 aliphatic carbocycles. The Hall–Kier alpha value is -1.58. The summed E-state index contributed by atoms with van der Waals surface area (Å²) in [5.41, 5.74) is 8.63. The molecule has 0 aliphatic rings. The molecule has 2 aromatic carbocycles. The first-order valence-corrected chi connectivity index (χ1v) is 6.92. The summed E-state index contributed by atoms with van der Waals surface area (Å²) < 4.78 is 13.3. The van der Waals surface area contributed by atoms with Crippen LogP contribution in [0.25, 0.3) is 0 Å². The van der Waals surface area contributed by atoms with Crippen molar-refractivity contribution in [2.24, 2.45) is 5.73 Å². The highest BCUT2D eigenvalue weighted by Gasteiger charge is 2.09. The van der Waals surface area contributed by atoms with E-state index in [0.717, 1.165) is 21.8 Å². The van der Waals surface area contributed by atoms with Crippen molar-refractivity contribution in [3.63, 3.8) is 0 Å². The van der Waals surface area contributed by atoms with E-state index in [-0.39, 0.29) is 5.82 Å². The lowest BCUT2D eigenvalue weighted by Crippen LogP contribution is -2.19. The molecule has 2 nitrogen and oxygen atoms in total. The van der Waals surface area contributed by atoms with Gasteiger partial charge in [-0.05, 0) is 54.4 Å². The second-order valence-corrected chi connectivity index (χ2v) is 5.23. The van der Waals surface area contributed by atoms with Crippen LogP contribution < -0.4 is 10.6 Å². The highest BCUT2D eigenvalue weighted by atomic mass is 35.5. The number of halogens is 2. The fourth-order valence-corrected chi connectivity index (χ4v) is 2.49. The lowest BCUT2D eigenvalue weighted by atomic mass is 10.1. The minimum atomic E-state index is -0.228. The minimum Gasteiger partial charge on any atom is -0.370 e. The molecule has 0 saturated heterocycles. The smallest absolute Gasteiger partial charge is 0.123 e. The van der Waals surface area contributed by atoms with E-state index in [9.17, 15) is 4.39 Å². The van der Waals surface area contributed by atoms with Crippen molar-refractivity contribution < 1.29 is 4.39 Å². The lowest BCUT2D eigenvalue weighted by molar-refractivity contribution is 0.625. The third kappa shape index (κ3) is 3.71. The molecule has 0 spiro atoms. The van der Waals surface area contributed by atoms with Gasteiger partial charge in [-0.3, -0.25) is 0 Å². The molecule has 4 heteroatoms. The molecule has 0 atom stereocenters. The molecule has 0 saturated carbocycles. The van der Waals surface area contributed by atoms with Crippen molar-refractivity contribution in [1.82, 2.24) is 0 Å². The zero-order chi connectivity index (χ0) is 14.5. The van der Waals surface area contributed by atoms with Gasteiger partial charge in [-0.2, -0.15) is 0 Å². The highest BCUT2D eigenvalue weighted by molar-refractivity contribution is 6.30. The maximum absolute atomic E-state index is 13.3. The summed E-state index contributed by atoms with van der Waals surface area (Å²) in [5.74, 6) is -0.228. The summed E-state index contributed by atoms with van der Waals surface area (Å²) in [5, 5.41) is 0.720. The van der Waals surface area contributed by atoms with Crippen molar-refractivity contribution >= 4 is 17.3 Å². The minimum absolute atomic E-state index is 0.228. The Kier molecular flexibility index (Phi) is 4.99. The summed E-state index contributed by atoms with van der Waals surface area (Å²) in [6, 6.07) is 12.6. The molecule has 2 N–H and O–H groups in total. The first-order chi connectivity index (χ1) is 9.60. The largest absolute Gasteiger partial charge is 0.370 e. The molecule has 20 heavy (non-hydrogen) atoms. The van der Waals surface area contributed by atoms with Crippen LogP contribution in [0.1, 0.15) is 11.1 Å². The van der Waals surface area contributed by atoms with Crippen LogP contribution in [0.2, 0.25) is 5.02 Å². The predicted molar refractivity (Wildman–Crippen MR) is 82.7 cm³/mol. The van der Waals surface area contributed by atoms with Gasteiger partial charge >= 0.3 is 0 Å². The first kappa shape index (κ1) is 14.8. The molecule has 0 unspecified atom stereocenters. The van der Waals surface area contributed by atoms with Crippen LogP contribution in [0.3, 0.4) is 0 Å². The third-order valence-corrected chi connectivity index (χ3v) is 3.41. The van der Waals surface area contributed by atoms with Crippen molar-refractivity contribution in [3.8, 4) is 0 Å². The molecule has 0 bridgehead atoms. The van der Waals surface area contributed by atoms with Crippen LogP contribution in [-0.4, -0.2) is 13.6 Å². The van der Waals surface area contributed by atoms with E-state index in [0.29, 0.717) is 19.5 Å². The van der Waals surface area contributed by atoms with Gasteiger partial charge in [0.25, 0.3) is 0 Å². The van der Waals surface area contributed by atoms with E-state index in [1.807, 2.05) is 31.3 Å². The van der Waals surface area contributed by atoms with Gasteiger partial charge in [-0.15, -0.1) is 0 Å². The standard InChI is InChI=1S/C16H18ClFN2/c1-20(11-12-3-2-4-14(17)9-12)16-6-5-15(18)10-13(16)7-8-19/h2-6,9-10H,7-8,11,19H2,1H3. The maximum atomic E-state index is 13.3. The molecule has 0 fully saturated rings. The van der Waals surface area contributed by atoms with Gasteiger partial charge in [0.15, 0.2) is 0 Å². The Morgan fingerprint density at radius 3 is 2.70 bits per heavy atom. The van der Waals surface area contributed by atoms with Crippen molar-refractivity contribution in [3.05, 3.63) is 64.4 Å². The molecular weight excluding hydrogens is 275 g/mol. The summed E-state index contributed by atoms with van der Waals surface area (Å²) in [4.78, 5) is 2.08. The Morgan fingerprint density at radius 1 is 1.20 bits per heavy atom. The van der Waals surface area contributed by atoms with E-state index in [1.54, 1.807) is 12.1 Å². The SMILES string of the molecule is CN(Cc1cccc(Cl)c1)c1ccc(F)cc1CCN. The molecule has 0 aromatic heterocycles. The zero-order valence-electron chi connectivity index (χ0n) is 11.4.